The molecule has 0 unspecified atom stereocenters. The van der Waals surface area contributed by atoms with Crippen LogP contribution in [-0.4, -0.2) is 72.5 Å². The summed E-state index contributed by atoms with van der Waals surface area (Å²) in [5.41, 5.74) is 1.49. The topological polar surface area (TPSA) is 75.0 Å². The quantitative estimate of drug-likeness (QED) is 0.340. The van der Waals surface area contributed by atoms with Crippen LogP contribution in [0.3, 0.4) is 0 Å². The van der Waals surface area contributed by atoms with E-state index < -0.39 is 0 Å². The molecule has 2 aliphatic heterocycles. The van der Waals surface area contributed by atoms with E-state index in [1.54, 1.807) is 27.9 Å². The highest BCUT2D eigenvalue weighted by atomic mass is 127. The van der Waals surface area contributed by atoms with E-state index in [0.29, 0.717) is 45.4 Å². The first-order valence-electron chi connectivity index (χ1n) is 11.2. The zero-order valence-corrected chi connectivity index (χ0v) is 21.5. The fraction of sp³-hybridized carbons (Fsp3) is 0.522. The summed E-state index contributed by atoms with van der Waals surface area (Å²) in [6.07, 6.45) is 5.13. The van der Waals surface area contributed by atoms with Crippen molar-refractivity contribution in [1.82, 2.24) is 20.0 Å². The van der Waals surface area contributed by atoms with Gasteiger partial charge in [-0.2, -0.15) is 5.10 Å². The number of guanidine groups is 1. The van der Waals surface area contributed by atoms with Crippen LogP contribution < -0.4 is 10.2 Å². The molecule has 3 heterocycles. The number of nitrogens with zero attached hydrogens (tertiary/aromatic N) is 5. The van der Waals surface area contributed by atoms with Crippen molar-refractivity contribution in [3.05, 3.63) is 48.0 Å². The summed E-state index contributed by atoms with van der Waals surface area (Å²) in [6.45, 7) is 5.97. The molecule has 0 radical (unpaired) electrons. The molecule has 4 rings (SSSR count). The van der Waals surface area contributed by atoms with Gasteiger partial charge in [-0.15, -0.1) is 24.0 Å². The predicted molar refractivity (Wildman–Crippen MR) is 137 cm³/mol. The van der Waals surface area contributed by atoms with Gasteiger partial charge in [-0.05, 0) is 37.5 Å². The Morgan fingerprint density at radius 2 is 2.09 bits per heavy atom. The Labute approximate surface area is 211 Å². The molecule has 0 aliphatic carbocycles. The van der Waals surface area contributed by atoms with Crippen LogP contribution in [-0.2, 0) is 22.0 Å². The van der Waals surface area contributed by atoms with Gasteiger partial charge in [0.2, 0.25) is 5.91 Å². The summed E-state index contributed by atoms with van der Waals surface area (Å²) in [5.74, 6) is 0.496. The first kappa shape index (κ1) is 25.4. The van der Waals surface area contributed by atoms with Gasteiger partial charge in [0.05, 0.1) is 18.4 Å². The van der Waals surface area contributed by atoms with Crippen molar-refractivity contribution in [3.8, 4) is 0 Å². The molecule has 0 spiro atoms. The number of hydrogen-bond acceptors (Lipinski definition) is 4. The average Bonchev–Trinajstić information content (AvgIpc) is 3.23. The highest BCUT2D eigenvalue weighted by Crippen LogP contribution is 2.35. The van der Waals surface area contributed by atoms with Gasteiger partial charge < -0.3 is 19.9 Å². The van der Waals surface area contributed by atoms with Crippen LogP contribution in [0.1, 0.15) is 25.3 Å². The summed E-state index contributed by atoms with van der Waals surface area (Å²) in [7, 11) is 1.84. The Balaban J connectivity index is 0.00000306. The molecule has 1 N–H and O–H groups in total. The van der Waals surface area contributed by atoms with Gasteiger partial charge in [0.15, 0.2) is 5.96 Å². The average molecular weight is 570 g/mol. The summed E-state index contributed by atoms with van der Waals surface area (Å²) < 4.78 is 21.3. The monoisotopic (exact) mass is 570 g/mol. The largest absolute Gasteiger partial charge is 0.381 e. The van der Waals surface area contributed by atoms with Gasteiger partial charge in [-0.3, -0.25) is 14.5 Å². The molecule has 33 heavy (non-hydrogen) atoms. The minimum Gasteiger partial charge on any atom is -0.381 e. The molecule has 2 fully saturated rings. The molecule has 2 saturated heterocycles. The second-order valence-corrected chi connectivity index (χ2v) is 8.41. The number of halogens is 2. The number of rotatable bonds is 5. The molecule has 0 atom stereocenters. The summed E-state index contributed by atoms with van der Waals surface area (Å²) in [5, 5.41) is 7.50. The number of carbonyl (C=O) groups is 1. The predicted octanol–water partition coefficient (Wildman–Crippen LogP) is 2.54. The minimum atomic E-state index is -0.275. The van der Waals surface area contributed by atoms with Crippen molar-refractivity contribution in [3.63, 3.8) is 0 Å². The Hall–Kier alpha value is -2.21. The van der Waals surface area contributed by atoms with Crippen LogP contribution in [0.25, 0.3) is 0 Å². The van der Waals surface area contributed by atoms with Crippen LogP contribution in [0, 0.1) is 5.82 Å². The van der Waals surface area contributed by atoms with E-state index in [0.717, 1.165) is 24.1 Å². The minimum absolute atomic E-state index is 0. The van der Waals surface area contributed by atoms with Crippen LogP contribution in [0.2, 0.25) is 0 Å². The van der Waals surface area contributed by atoms with E-state index in [1.165, 1.54) is 6.07 Å². The first-order chi connectivity index (χ1) is 15.5. The number of piperazine rings is 1. The molecule has 0 saturated carbocycles. The van der Waals surface area contributed by atoms with Crippen molar-refractivity contribution >= 4 is 41.5 Å². The molecule has 1 aromatic heterocycles. The number of aryl methyl sites for hydroxylation is 1. The lowest BCUT2D eigenvalue weighted by atomic mass is 9.74. The Morgan fingerprint density at radius 3 is 2.73 bits per heavy atom. The lowest BCUT2D eigenvalue weighted by Gasteiger charge is -2.38. The fourth-order valence-corrected chi connectivity index (χ4v) is 4.45. The number of aromatic nitrogens is 2. The number of ether oxygens (including phenoxy) is 1. The molecule has 2 aromatic rings. The third kappa shape index (κ3) is 5.84. The Bertz CT molecular complexity index is 975. The zero-order chi connectivity index (χ0) is 22.6. The van der Waals surface area contributed by atoms with Gasteiger partial charge >= 0.3 is 0 Å². The van der Waals surface area contributed by atoms with Gasteiger partial charge in [0.1, 0.15) is 12.4 Å². The number of hydrogen-bond donors (Lipinski definition) is 1. The van der Waals surface area contributed by atoms with Crippen LogP contribution >= 0.6 is 24.0 Å². The lowest BCUT2D eigenvalue weighted by Crippen LogP contribution is -2.55. The van der Waals surface area contributed by atoms with Crippen molar-refractivity contribution in [2.24, 2.45) is 12.0 Å². The molecular weight excluding hydrogens is 538 g/mol. The van der Waals surface area contributed by atoms with E-state index >= 15 is 0 Å². The third-order valence-electron chi connectivity index (χ3n) is 6.28. The highest BCUT2D eigenvalue weighted by molar-refractivity contribution is 14.0. The molecule has 180 valence electrons. The molecular formula is C23H32FIN6O2. The maximum Gasteiger partial charge on any atom is 0.246 e. The first-order valence-corrected chi connectivity index (χ1v) is 11.2. The van der Waals surface area contributed by atoms with Crippen molar-refractivity contribution < 1.29 is 13.9 Å². The molecule has 10 heteroatoms. The second-order valence-electron chi connectivity index (χ2n) is 8.41. The number of aliphatic imine (C=N–C) groups is 1. The van der Waals surface area contributed by atoms with E-state index in [4.69, 9.17) is 9.73 Å². The van der Waals surface area contributed by atoms with E-state index in [-0.39, 0.29) is 47.7 Å². The Kier molecular flexibility index (Phi) is 8.69. The smallest absolute Gasteiger partial charge is 0.246 e. The number of amides is 1. The summed E-state index contributed by atoms with van der Waals surface area (Å²) >= 11 is 0. The maximum atomic E-state index is 14.0. The van der Waals surface area contributed by atoms with Crippen LogP contribution in [0.15, 0.2) is 41.7 Å². The fourth-order valence-electron chi connectivity index (χ4n) is 4.45. The second kappa shape index (κ2) is 11.3. The lowest BCUT2D eigenvalue weighted by molar-refractivity contribution is -0.120. The van der Waals surface area contributed by atoms with Gasteiger partial charge in [0, 0.05) is 51.5 Å². The van der Waals surface area contributed by atoms with Gasteiger partial charge in [0.25, 0.3) is 0 Å². The molecule has 1 amide bonds. The molecule has 0 bridgehead atoms. The van der Waals surface area contributed by atoms with E-state index in [1.807, 2.05) is 31.1 Å². The number of benzene rings is 1. The van der Waals surface area contributed by atoms with Gasteiger partial charge in [-0.1, -0.05) is 12.1 Å². The maximum absolute atomic E-state index is 14.0. The SMILES string of the molecule is CCNC(=NCC1(c2cccc(F)c2)CCOCC1)N1CCN(c2cnn(C)c2)C(=O)C1.I. The van der Waals surface area contributed by atoms with E-state index in [9.17, 15) is 9.18 Å². The van der Waals surface area contributed by atoms with Crippen molar-refractivity contribution in [1.29, 1.82) is 0 Å². The number of nitrogens with one attached hydrogen (secondary N) is 1. The molecule has 1 aromatic carbocycles. The number of carbonyl (C=O) groups excluding carboxylic acids is 1. The summed E-state index contributed by atoms with van der Waals surface area (Å²) in [4.78, 5) is 21.6. The normalized spacial score (nSPS) is 18.8. The molecule has 8 nitrogen and oxygen atoms in total. The van der Waals surface area contributed by atoms with Crippen molar-refractivity contribution in [2.45, 2.75) is 25.2 Å². The Morgan fingerprint density at radius 1 is 1.30 bits per heavy atom. The molecule has 2 aliphatic rings. The van der Waals surface area contributed by atoms with Crippen molar-refractivity contribution in [2.75, 3.05) is 50.8 Å². The zero-order valence-electron chi connectivity index (χ0n) is 19.2. The van der Waals surface area contributed by atoms with Crippen LogP contribution in [0.5, 0.6) is 0 Å². The van der Waals surface area contributed by atoms with E-state index in [2.05, 4.69) is 10.4 Å². The highest BCUT2D eigenvalue weighted by Gasteiger charge is 2.35. The standard InChI is InChI=1S/C23H31FN6O2.HI/c1-3-25-22(29-9-10-30(21(31)16-29)20-14-27-28(2)15-20)26-17-23(7-11-32-12-8-23)18-5-4-6-19(24)13-18;/h4-6,13-15H,3,7-12,16-17H2,1-2H3,(H,25,26);1H. The van der Waals surface area contributed by atoms with Crippen LogP contribution in [0.4, 0.5) is 10.1 Å². The number of anilines is 1. The van der Waals surface area contributed by atoms with Gasteiger partial charge in [-0.25, -0.2) is 4.39 Å². The third-order valence-corrected chi connectivity index (χ3v) is 6.28. The summed E-state index contributed by atoms with van der Waals surface area (Å²) in [6, 6.07) is 6.82.